The fraction of sp³-hybridized carbons (Fsp3) is 0.435. The number of nitrogens with two attached hydrogens (primary N) is 1. The molecule has 2 aliphatic rings. The number of terminal acetylenes is 1. The van der Waals surface area contributed by atoms with Crippen LogP contribution in [0.25, 0.3) is 11.2 Å². The molecule has 1 saturated heterocycles. The maximum absolute atomic E-state index is 14.0. The van der Waals surface area contributed by atoms with Crippen molar-refractivity contribution in [2.45, 2.75) is 32.2 Å². The van der Waals surface area contributed by atoms with E-state index in [4.69, 9.17) is 21.6 Å². The van der Waals surface area contributed by atoms with Crippen molar-refractivity contribution in [1.82, 2.24) is 24.8 Å². The number of piperidine rings is 1. The summed E-state index contributed by atoms with van der Waals surface area (Å²) < 4.78 is 27.3. The molecule has 166 valence electrons. The summed E-state index contributed by atoms with van der Waals surface area (Å²) in [5, 5.41) is 3.44. The number of nitrogens with one attached hydrogen (secondary N) is 1. The van der Waals surface area contributed by atoms with Gasteiger partial charge in [-0.25, -0.2) is 4.98 Å². The summed E-state index contributed by atoms with van der Waals surface area (Å²) in [6.07, 6.45) is 8.61. The molecule has 0 radical (unpaired) electrons. The number of ether oxygens (including phenoxy) is 2. The van der Waals surface area contributed by atoms with Gasteiger partial charge >= 0.3 is 6.08 Å². The number of nitrogens with zero attached hydrogens (tertiary/aromatic N) is 4. The second-order valence-electron chi connectivity index (χ2n) is 8.20. The van der Waals surface area contributed by atoms with Crippen molar-refractivity contribution < 1.29 is 13.9 Å². The topological polar surface area (TPSA) is 100 Å². The molecule has 32 heavy (non-hydrogen) atoms. The zero-order valence-corrected chi connectivity index (χ0v) is 17.7. The first-order valence-electron chi connectivity index (χ1n) is 10.9. The van der Waals surface area contributed by atoms with Crippen molar-refractivity contribution in [3.8, 4) is 23.8 Å². The highest BCUT2D eigenvalue weighted by molar-refractivity contribution is 5.82. The molecule has 2 aliphatic heterocycles. The molecule has 0 bridgehead atoms. The van der Waals surface area contributed by atoms with Gasteiger partial charge in [-0.2, -0.15) is 14.4 Å². The van der Waals surface area contributed by atoms with Gasteiger partial charge in [-0.1, -0.05) is 5.92 Å². The van der Waals surface area contributed by atoms with Gasteiger partial charge in [0.05, 0.1) is 0 Å². The lowest BCUT2D eigenvalue weighted by Gasteiger charge is -2.23. The summed E-state index contributed by atoms with van der Waals surface area (Å²) in [5.74, 6) is 5.33. The zero-order chi connectivity index (χ0) is 22.1. The maximum Gasteiger partial charge on any atom is 0.312 e. The summed E-state index contributed by atoms with van der Waals surface area (Å²) >= 11 is 0. The Morgan fingerprint density at radius 1 is 1.22 bits per heavy atom. The highest BCUT2D eigenvalue weighted by Gasteiger charge is 2.22. The van der Waals surface area contributed by atoms with E-state index in [1.54, 1.807) is 0 Å². The van der Waals surface area contributed by atoms with Gasteiger partial charge in [0.15, 0.2) is 28.5 Å². The van der Waals surface area contributed by atoms with Crippen LogP contribution in [0.5, 0.6) is 11.5 Å². The molecule has 0 spiro atoms. The number of fused-ring (bicyclic) bond motifs is 2. The zero-order valence-electron chi connectivity index (χ0n) is 17.7. The molecular formula is C23H25FN6O2. The Morgan fingerprint density at radius 3 is 2.78 bits per heavy atom. The van der Waals surface area contributed by atoms with Gasteiger partial charge in [0.25, 0.3) is 0 Å². The molecule has 2 aromatic heterocycles. The predicted molar refractivity (Wildman–Crippen MR) is 118 cm³/mol. The molecule has 5 rings (SSSR count). The van der Waals surface area contributed by atoms with Crippen LogP contribution < -0.4 is 20.5 Å². The van der Waals surface area contributed by atoms with Crippen LogP contribution in [-0.4, -0.2) is 45.8 Å². The van der Waals surface area contributed by atoms with Gasteiger partial charge < -0.3 is 25.1 Å². The van der Waals surface area contributed by atoms with E-state index in [0.717, 1.165) is 31.5 Å². The van der Waals surface area contributed by atoms with Crippen molar-refractivity contribution in [1.29, 1.82) is 0 Å². The Hall–Kier alpha value is -3.38. The summed E-state index contributed by atoms with van der Waals surface area (Å²) in [4.78, 5) is 12.4. The molecule has 3 N–H and O–H groups in total. The number of anilines is 1. The van der Waals surface area contributed by atoms with E-state index in [-0.39, 0.29) is 5.82 Å². The molecule has 4 heterocycles. The molecule has 3 aromatic rings. The van der Waals surface area contributed by atoms with E-state index in [1.807, 2.05) is 16.7 Å². The van der Waals surface area contributed by atoms with Crippen LogP contribution in [0.2, 0.25) is 0 Å². The quantitative estimate of drug-likeness (QED) is 0.468. The Morgan fingerprint density at radius 2 is 2.03 bits per heavy atom. The van der Waals surface area contributed by atoms with Crippen LogP contribution in [-0.2, 0) is 13.0 Å². The first-order valence-corrected chi connectivity index (χ1v) is 10.9. The monoisotopic (exact) mass is 436 g/mol. The lowest BCUT2D eigenvalue weighted by Crippen LogP contribution is -2.30. The molecular weight excluding hydrogens is 411 g/mol. The molecule has 0 saturated carbocycles. The Bertz CT molecular complexity index is 1200. The molecule has 1 unspecified atom stereocenters. The van der Waals surface area contributed by atoms with E-state index in [2.05, 4.69) is 26.2 Å². The molecule has 1 atom stereocenters. The van der Waals surface area contributed by atoms with Gasteiger partial charge in [0.1, 0.15) is 19.0 Å². The normalized spacial score (nSPS) is 17.9. The number of aryl methyl sites for hydroxylation is 1. The van der Waals surface area contributed by atoms with Crippen molar-refractivity contribution in [3.05, 3.63) is 35.2 Å². The van der Waals surface area contributed by atoms with E-state index >= 15 is 0 Å². The average Bonchev–Trinajstić information content (AvgIpc) is 3.15. The third kappa shape index (κ3) is 3.94. The standard InChI is InChI=1S/C23H25FN6O2/c1-2-15-10-17-18(32-9-8-31-17)11-16(15)12-19-27-20-21(25)28-23(24)29-22(20)30(19)7-5-14-4-3-6-26-13-14/h1,10-11,14,26H,3-9,12-13H2,(H2,25,28,29). The SMILES string of the molecule is C#Cc1cc2c(cc1Cc1nc3c(N)nc(F)nc3n1CCC1CCCNC1)OCCO2. The van der Waals surface area contributed by atoms with Crippen molar-refractivity contribution in [2.75, 3.05) is 32.0 Å². The predicted octanol–water partition coefficient (Wildman–Crippen LogP) is 2.28. The number of rotatable bonds is 5. The van der Waals surface area contributed by atoms with Crippen LogP contribution in [0, 0.1) is 24.3 Å². The van der Waals surface area contributed by atoms with E-state index in [1.165, 1.54) is 6.42 Å². The summed E-state index contributed by atoms with van der Waals surface area (Å²) in [6.45, 7) is 3.68. The Labute approximate surface area is 185 Å². The second kappa shape index (κ2) is 8.63. The smallest absolute Gasteiger partial charge is 0.312 e. The summed E-state index contributed by atoms with van der Waals surface area (Å²) in [6, 6.07) is 3.71. The number of imidazole rings is 1. The van der Waals surface area contributed by atoms with Crippen molar-refractivity contribution in [3.63, 3.8) is 0 Å². The molecule has 1 aromatic carbocycles. The number of nitrogen functional groups attached to an aromatic ring is 1. The van der Waals surface area contributed by atoms with Gasteiger partial charge in [-0.15, -0.1) is 6.42 Å². The van der Waals surface area contributed by atoms with Gasteiger partial charge in [0, 0.05) is 18.5 Å². The first kappa shape index (κ1) is 20.5. The molecule has 1 fully saturated rings. The third-order valence-corrected chi connectivity index (χ3v) is 6.11. The van der Waals surface area contributed by atoms with E-state index < -0.39 is 6.08 Å². The number of aromatic nitrogens is 4. The maximum atomic E-state index is 14.0. The van der Waals surface area contributed by atoms with E-state index in [0.29, 0.717) is 66.1 Å². The Balaban J connectivity index is 1.53. The molecule has 0 amide bonds. The van der Waals surface area contributed by atoms with Crippen LogP contribution in [0.15, 0.2) is 12.1 Å². The van der Waals surface area contributed by atoms with Crippen LogP contribution in [0.4, 0.5) is 10.2 Å². The number of hydrogen-bond donors (Lipinski definition) is 2. The molecule has 0 aliphatic carbocycles. The van der Waals surface area contributed by atoms with Crippen LogP contribution >= 0.6 is 0 Å². The average molecular weight is 436 g/mol. The Kier molecular flexibility index (Phi) is 5.53. The highest BCUT2D eigenvalue weighted by Crippen LogP contribution is 2.34. The lowest BCUT2D eigenvalue weighted by atomic mass is 9.96. The summed E-state index contributed by atoms with van der Waals surface area (Å²) in [7, 11) is 0. The third-order valence-electron chi connectivity index (χ3n) is 6.11. The van der Waals surface area contributed by atoms with Crippen LogP contribution in [0.1, 0.15) is 36.2 Å². The van der Waals surface area contributed by atoms with Gasteiger partial charge in [0.2, 0.25) is 0 Å². The van der Waals surface area contributed by atoms with Crippen LogP contribution in [0.3, 0.4) is 0 Å². The second-order valence-corrected chi connectivity index (χ2v) is 8.20. The number of halogens is 1. The molecule has 8 nitrogen and oxygen atoms in total. The summed E-state index contributed by atoms with van der Waals surface area (Å²) in [5.41, 5.74) is 8.37. The minimum atomic E-state index is -0.856. The van der Waals surface area contributed by atoms with E-state index in [9.17, 15) is 4.39 Å². The van der Waals surface area contributed by atoms with Crippen molar-refractivity contribution >= 4 is 17.0 Å². The highest BCUT2D eigenvalue weighted by atomic mass is 19.1. The first-order chi connectivity index (χ1) is 15.6. The lowest BCUT2D eigenvalue weighted by molar-refractivity contribution is 0.171. The molecule has 9 heteroatoms. The van der Waals surface area contributed by atoms with Gasteiger partial charge in [-0.05, 0) is 56.0 Å². The fourth-order valence-corrected chi connectivity index (χ4v) is 4.47. The largest absolute Gasteiger partial charge is 0.486 e. The fourth-order valence-electron chi connectivity index (χ4n) is 4.47. The number of hydrogen-bond acceptors (Lipinski definition) is 7. The minimum absolute atomic E-state index is 0.0335. The van der Waals surface area contributed by atoms with Gasteiger partial charge in [-0.3, -0.25) is 0 Å². The number of benzene rings is 1. The minimum Gasteiger partial charge on any atom is -0.486 e. The van der Waals surface area contributed by atoms with Crippen molar-refractivity contribution in [2.24, 2.45) is 5.92 Å².